The zero-order valence-electron chi connectivity index (χ0n) is 19.5. The first-order valence-electron chi connectivity index (χ1n) is 12.2. The molecule has 0 aromatic heterocycles. The monoisotopic (exact) mass is 448 g/mol. The van der Waals surface area contributed by atoms with E-state index in [0.717, 1.165) is 49.9 Å². The van der Waals surface area contributed by atoms with Gasteiger partial charge >= 0.3 is 0 Å². The molecule has 6 heteroatoms. The fourth-order valence-corrected chi connectivity index (χ4v) is 5.44. The number of benzene rings is 2. The van der Waals surface area contributed by atoms with E-state index >= 15 is 0 Å². The third kappa shape index (κ3) is 5.12. The molecule has 1 amide bonds. The van der Waals surface area contributed by atoms with E-state index in [4.69, 9.17) is 11.1 Å². The highest BCUT2D eigenvalue weighted by atomic mass is 16.3. The number of carbonyl (C=O) groups excluding carboxylic acids is 1. The summed E-state index contributed by atoms with van der Waals surface area (Å²) in [6.07, 6.45) is 6.00. The van der Waals surface area contributed by atoms with Crippen LogP contribution in [0.2, 0.25) is 0 Å². The summed E-state index contributed by atoms with van der Waals surface area (Å²) in [6, 6.07) is 16.6. The number of aliphatic hydroxyl groups excluding tert-OH is 1. The van der Waals surface area contributed by atoms with E-state index in [0.29, 0.717) is 30.6 Å². The molecule has 176 valence electrons. The molecule has 2 aliphatic heterocycles. The molecular weight excluding hydrogens is 412 g/mol. The summed E-state index contributed by atoms with van der Waals surface area (Å²) in [7, 11) is 0. The van der Waals surface area contributed by atoms with E-state index in [1.807, 2.05) is 47.4 Å². The lowest BCUT2D eigenvalue weighted by molar-refractivity contribution is -0.120. The molecule has 0 radical (unpaired) electrons. The van der Waals surface area contributed by atoms with Crippen LogP contribution in [0.15, 0.2) is 48.5 Å². The normalized spacial score (nSPS) is 23.0. The predicted molar refractivity (Wildman–Crippen MR) is 133 cm³/mol. The first-order valence-corrected chi connectivity index (χ1v) is 12.2. The molecule has 4 rings (SSSR count). The van der Waals surface area contributed by atoms with Crippen LogP contribution in [0.3, 0.4) is 0 Å². The van der Waals surface area contributed by atoms with Gasteiger partial charge in [0.05, 0.1) is 12.5 Å². The maximum absolute atomic E-state index is 13.6. The second-order valence-electron chi connectivity index (χ2n) is 9.48. The van der Waals surface area contributed by atoms with Crippen molar-refractivity contribution in [2.24, 2.45) is 5.73 Å². The molecule has 2 heterocycles. The molecule has 1 saturated heterocycles. The summed E-state index contributed by atoms with van der Waals surface area (Å²) < 4.78 is 0. The molecule has 0 saturated carbocycles. The maximum atomic E-state index is 13.6. The SMILES string of the molecule is CC1CCC(CO)N1CCCCCN1C(=O)C(c2cccc(C(=N)N)c2)Cc2ccccc21. The van der Waals surface area contributed by atoms with Crippen molar-refractivity contribution in [1.29, 1.82) is 5.41 Å². The minimum Gasteiger partial charge on any atom is -0.395 e. The van der Waals surface area contributed by atoms with E-state index in [1.54, 1.807) is 0 Å². The smallest absolute Gasteiger partial charge is 0.234 e. The van der Waals surface area contributed by atoms with Crippen molar-refractivity contribution < 1.29 is 9.90 Å². The largest absolute Gasteiger partial charge is 0.395 e. The number of unbranched alkanes of at least 4 members (excludes halogenated alkanes) is 2. The van der Waals surface area contributed by atoms with Gasteiger partial charge in [0, 0.05) is 29.9 Å². The number of amides is 1. The van der Waals surface area contributed by atoms with E-state index < -0.39 is 0 Å². The van der Waals surface area contributed by atoms with Gasteiger partial charge in [-0.2, -0.15) is 0 Å². The molecule has 3 unspecified atom stereocenters. The fourth-order valence-electron chi connectivity index (χ4n) is 5.44. The zero-order valence-corrected chi connectivity index (χ0v) is 19.5. The summed E-state index contributed by atoms with van der Waals surface area (Å²) in [5.74, 6) is -0.106. The highest BCUT2D eigenvalue weighted by Gasteiger charge is 2.33. The summed E-state index contributed by atoms with van der Waals surface area (Å²) in [6.45, 7) is 4.21. The number of aliphatic hydroxyl groups is 1. The van der Waals surface area contributed by atoms with E-state index in [2.05, 4.69) is 17.9 Å². The van der Waals surface area contributed by atoms with Crippen LogP contribution in [-0.2, 0) is 11.2 Å². The van der Waals surface area contributed by atoms with Crippen LogP contribution in [0.1, 0.15) is 61.6 Å². The minimum atomic E-state index is -0.255. The Morgan fingerprint density at radius 3 is 2.67 bits per heavy atom. The highest BCUT2D eigenvalue weighted by Crippen LogP contribution is 2.36. The van der Waals surface area contributed by atoms with Crippen LogP contribution >= 0.6 is 0 Å². The molecule has 2 aromatic carbocycles. The molecule has 0 aliphatic carbocycles. The summed E-state index contributed by atoms with van der Waals surface area (Å²) in [5, 5.41) is 17.4. The Hall–Kier alpha value is -2.70. The van der Waals surface area contributed by atoms with E-state index in [9.17, 15) is 9.90 Å². The van der Waals surface area contributed by atoms with Gasteiger partial charge in [0.2, 0.25) is 5.91 Å². The minimum absolute atomic E-state index is 0.0214. The number of nitrogen functional groups attached to an aromatic ring is 1. The van der Waals surface area contributed by atoms with Crippen molar-refractivity contribution in [2.75, 3.05) is 24.6 Å². The van der Waals surface area contributed by atoms with Gasteiger partial charge in [0.15, 0.2) is 0 Å². The number of nitrogens with one attached hydrogen (secondary N) is 1. The molecule has 4 N–H and O–H groups in total. The number of nitrogens with zero attached hydrogens (tertiary/aromatic N) is 2. The Bertz CT molecular complexity index is 992. The average molecular weight is 449 g/mol. The number of rotatable bonds is 9. The Morgan fingerprint density at radius 1 is 1.09 bits per heavy atom. The van der Waals surface area contributed by atoms with Crippen LogP contribution in [0.25, 0.3) is 0 Å². The predicted octanol–water partition coefficient (Wildman–Crippen LogP) is 3.66. The number of amidine groups is 1. The molecule has 6 nitrogen and oxygen atoms in total. The van der Waals surface area contributed by atoms with E-state index in [1.165, 1.54) is 5.56 Å². The van der Waals surface area contributed by atoms with Crippen LogP contribution in [0, 0.1) is 5.41 Å². The standard InChI is InChI=1S/C27H36N4O2/c1-19-12-13-23(18-32)30(19)14-5-2-6-15-31-25-11-4-3-8-21(25)17-24(27(31)33)20-9-7-10-22(16-20)26(28)29/h3-4,7-11,16,19,23-24,32H,2,5-6,12-15,17-18H2,1H3,(H3,28,29). The van der Waals surface area contributed by atoms with Crippen LogP contribution in [0.5, 0.6) is 0 Å². The second kappa shape index (κ2) is 10.5. The van der Waals surface area contributed by atoms with Gasteiger partial charge in [-0.15, -0.1) is 0 Å². The Morgan fingerprint density at radius 2 is 1.88 bits per heavy atom. The second-order valence-corrected chi connectivity index (χ2v) is 9.48. The Balaban J connectivity index is 1.42. The number of likely N-dealkylation sites (tertiary alicyclic amines) is 1. The topological polar surface area (TPSA) is 93.6 Å². The van der Waals surface area contributed by atoms with Crippen molar-refractivity contribution in [1.82, 2.24) is 4.90 Å². The number of fused-ring (bicyclic) bond motifs is 1. The molecule has 33 heavy (non-hydrogen) atoms. The quantitative estimate of drug-likeness (QED) is 0.310. The van der Waals surface area contributed by atoms with Crippen molar-refractivity contribution in [2.45, 2.75) is 63.5 Å². The number of carbonyl (C=O) groups is 1. The number of anilines is 1. The van der Waals surface area contributed by atoms with Crippen molar-refractivity contribution in [3.05, 3.63) is 65.2 Å². The highest BCUT2D eigenvalue weighted by molar-refractivity contribution is 6.01. The Kier molecular flexibility index (Phi) is 7.46. The first-order chi connectivity index (χ1) is 16.0. The lowest BCUT2D eigenvalue weighted by Crippen LogP contribution is -2.41. The van der Waals surface area contributed by atoms with Gasteiger partial charge in [-0.25, -0.2) is 0 Å². The Labute approximate surface area is 196 Å². The van der Waals surface area contributed by atoms with Crippen molar-refractivity contribution >= 4 is 17.4 Å². The lowest BCUT2D eigenvalue weighted by atomic mass is 9.85. The van der Waals surface area contributed by atoms with Gasteiger partial charge in [-0.05, 0) is 68.8 Å². The number of nitrogens with two attached hydrogens (primary N) is 1. The van der Waals surface area contributed by atoms with Crippen LogP contribution < -0.4 is 10.6 Å². The molecule has 1 fully saturated rings. The molecule has 2 aromatic rings. The fraction of sp³-hybridized carbons (Fsp3) is 0.481. The number of hydrogen-bond acceptors (Lipinski definition) is 4. The van der Waals surface area contributed by atoms with Crippen LogP contribution in [0.4, 0.5) is 5.69 Å². The molecular formula is C27H36N4O2. The first kappa shape index (κ1) is 23.5. The summed E-state index contributed by atoms with van der Waals surface area (Å²) in [5.41, 5.74) is 9.47. The van der Waals surface area contributed by atoms with E-state index in [-0.39, 0.29) is 24.3 Å². The number of para-hydroxylation sites is 1. The lowest BCUT2D eigenvalue weighted by Gasteiger charge is -2.35. The van der Waals surface area contributed by atoms with Gasteiger partial charge in [-0.3, -0.25) is 15.1 Å². The molecule has 0 bridgehead atoms. The van der Waals surface area contributed by atoms with Crippen LogP contribution in [-0.4, -0.2) is 53.5 Å². The third-order valence-electron chi connectivity index (χ3n) is 7.33. The van der Waals surface area contributed by atoms with Crippen molar-refractivity contribution in [3.8, 4) is 0 Å². The molecule has 0 spiro atoms. The zero-order chi connectivity index (χ0) is 23.4. The summed E-state index contributed by atoms with van der Waals surface area (Å²) >= 11 is 0. The maximum Gasteiger partial charge on any atom is 0.234 e. The van der Waals surface area contributed by atoms with Gasteiger partial charge in [0.25, 0.3) is 0 Å². The third-order valence-corrected chi connectivity index (χ3v) is 7.33. The summed E-state index contributed by atoms with van der Waals surface area (Å²) in [4.78, 5) is 18.0. The van der Waals surface area contributed by atoms with Gasteiger partial charge < -0.3 is 15.7 Å². The molecule has 3 atom stereocenters. The van der Waals surface area contributed by atoms with Gasteiger partial charge in [0.1, 0.15) is 5.84 Å². The van der Waals surface area contributed by atoms with Crippen molar-refractivity contribution in [3.63, 3.8) is 0 Å². The molecule has 2 aliphatic rings. The average Bonchev–Trinajstić information content (AvgIpc) is 3.19. The van der Waals surface area contributed by atoms with Gasteiger partial charge in [-0.1, -0.05) is 42.8 Å². The number of hydrogen-bond donors (Lipinski definition) is 3.